The Morgan fingerprint density at radius 2 is 2.00 bits per heavy atom. The average Bonchev–Trinajstić information content (AvgIpc) is 2.89. The monoisotopic (exact) mass is 251 g/mol. The summed E-state index contributed by atoms with van der Waals surface area (Å²) < 4.78 is 0. The summed E-state index contributed by atoms with van der Waals surface area (Å²) in [5, 5.41) is 0. The van der Waals surface area contributed by atoms with Crippen molar-refractivity contribution in [3.05, 3.63) is 53.6 Å². The van der Waals surface area contributed by atoms with Gasteiger partial charge < -0.3 is 10.7 Å². The van der Waals surface area contributed by atoms with E-state index in [1.54, 1.807) is 0 Å². The molecule has 3 heteroatoms. The van der Waals surface area contributed by atoms with Gasteiger partial charge in [0.2, 0.25) is 0 Å². The minimum atomic E-state index is 0.551. The van der Waals surface area contributed by atoms with Crippen LogP contribution in [0.4, 0.5) is 0 Å². The Labute approximate surface area is 112 Å². The van der Waals surface area contributed by atoms with Crippen LogP contribution < -0.4 is 5.73 Å². The number of aromatic nitrogens is 2. The van der Waals surface area contributed by atoms with Gasteiger partial charge in [0.25, 0.3) is 0 Å². The second-order valence-corrected chi connectivity index (χ2v) is 4.65. The summed E-state index contributed by atoms with van der Waals surface area (Å²) in [5.41, 5.74) is 11.3. The first-order valence-electron chi connectivity index (χ1n) is 6.59. The zero-order chi connectivity index (χ0) is 13.2. The topological polar surface area (TPSA) is 54.7 Å². The molecular formula is C16H17N3. The molecule has 0 atom stereocenters. The number of benzene rings is 2. The molecule has 3 rings (SSSR count). The van der Waals surface area contributed by atoms with Crippen LogP contribution in [0, 0.1) is 0 Å². The van der Waals surface area contributed by atoms with E-state index in [1.807, 2.05) is 18.2 Å². The van der Waals surface area contributed by atoms with Gasteiger partial charge in [0.15, 0.2) is 0 Å². The normalized spacial score (nSPS) is 11.1. The number of hydrogen-bond acceptors (Lipinski definition) is 2. The van der Waals surface area contributed by atoms with Crippen LogP contribution in [0.1, 0.15) is 18.1 Å². The molecule has 0 saturated carbocycles. The third kappa shape index (κ3) is 2.13. The van der Waals surface area contributed by atoms with Gasteiger partial charge in [-0.25, -0.2) is 4.98 Å². The quantitative estimate of drug-likeness (QED) is 0.750. The zero-order valence-corrected chi connectivity index (χ0v) is 11.0. The molecule has 19 heavy (non-hydrogen) atoms. The lowest BCUT2D eigenvalue weighted by Crippen LogP contribution is -1.95. The third-order valence-corrected chi connectivity index (χ3v) is 3.44. The number of hydrogen-bond donors (Lipinski definition) is 2. The molecule has 0 amide bonds. The van der Waals surface area contributed by atoms with E-state index in [0.717, 1.165) is 28.8 Å². The summed E-state index contributed by atoms with van der Waals surface area (Å²) in [7, 11) is 0. The molecule has 96 valence electrons. The summed E-state index contributed by atoms with van der Waals surface area (Å²) in [6.45, 7) is 2.71. The van der Waals surface area contributed by atoms with Crippen molar-refractivity contribution in [3.8, 4) is 11.4 Å². The molecule has 2 aromatic carbocycles. The summed E-state index contributed by atoms with van der Waals surface area (Å²) in [4.78, 5) is 8.07. The maximum Gasteiger partial charge on any atom is 0.138 e. The number of fused-ring (bicyclic) bond motifs is 1. The highest BCUT2D eigenvalue weighted by atomic mass is 14.9. The molecule has 3 N–H and O–H groups in total. The summed E-state index contributed by atoms with van der Waals surface area (Å²) in [5.74, 6) is 0.932. The van der Waals surface area contributed by atoms with Crippen molar-refractivity contribution < 1.29 is 0 Å². The van der Waals surface area contributed by atoms with E-state index < -0.39 is 0 Å². The van der Waals surface area contributed by atoms with E-state index in [-0.39, 0.29) is 0 Å². The van der Waals surface area contributed by atoms with Crippen molar-refractivity contribution in [2.75, 3.05) is 0 Å². The van der Waals surface area contributed by atoms with E-state index in [0.29, 0.717) is 6.54 Å². The van der Waals surface area contributed by atoms with Gasteiger partial charge >= 0.3 is 0 Å². The lowest BCUT2D eigenvalue weighted by atomic mass is 10.1. The van der Waals surface area contributed by atoms with Gasteiger partial charge in [-0.05, 0) is 29.7 Å². The number of aromatic amines is 1. The first-order chi connectivity index (χ1) is 9.31. The Morgan fingerprint density at radius 1 is 1.16 bits per heavy atom. The molecule has 0 saturated heterocycles. The van der Waals surface area contributed by atoms with E-state index in [9.17, 15) is 0 Å². The first kappa shape index (κ1) is 11.9. The summed E-state index contributed by atoms with van der Waals surface area (Å²) in [6.07, 6.45) is 1.00. The third-order valence-electron chi connectivity index (χ3n) is 3.44. The van der Waals surface area contributed by atoms with Crippen LogP contribution >= 0.6 is 0 Å². The maximum absolute atomic E-state index is 5.67. The lowest BCUT2D eigenvalue weighted by molar-refractivity contribution is 1.07. The highest BCUT2D eigenvalue weighted by Gasteiger charge is 2.08. The smallest absolute Gasteiger partial charge is 0.138 e. The van der Waals surface area contributed by atoms with E-state index >= 15 is 0 Å². The Morgan fingerprint density at radius 3 is 2.79 bits per heavy atom. The highest BCUT2D eigenvalue weighted by Crippen LogP contribution is 2.24. The largest absolute Gasteiger partial charge is 0.338 e. The number of nitrogens with two attached hydrogens (primary N) is 1. The second kappa shape index (κ2) is 4.86. The molecule has 1 aromatic heterocycles. The molecule has 0 fully saturated rings. The molecule has 3 nitrogen and oxygen atoms in total. The number of aryl methyl sites for hydroxylation is 1. The van der Waals surface area contributed by atoms with Gasteiger partial charge in [-0.3, -0.25) is 0 Å². The number of rotatable bonds is 3. The van der Waals surface area contributed by atoms with Crippen LogP contribution in [-0.4, -0.2) is 9.97 Å². The fourth-order valence-corrected chi connectivity index (χ4v) is 2.37. The molecular weight excluding hydrogens is 234 g/mol. The van der Waals surface area contributed by atoms with Crippen molar-refractivity contribution in [3.63, 3.8) is 0 Å². The van der Waals surface area contributed by atoms with Crippen LogP contribution in [0.25, 0.3) is 22.4 Å². The van der Waals surface area contributed by atoms with Crippen LogP contribution in [0.2, 0.25) is 0 Å². The van der Waals surface area contributed by atoms with Gasteiger partial charge in [-0.2, -0.15) is 0 Å². The van der Waals surface area contributed by atoms with Gasteiger partial charge in [0, 0.05) is 12.1 Å². The maximum atomic E-state index is 5.67. The fraction of sp³-hybridized carbons (Fsp3) is 0.188. The molecule has 0 bridgehead atoms. The lowest BCUT2D eigenvalue weighted by Gasteiger charge is -2.03. The minimum Gasteiger partial charge on any atom is -0.338 e. The van der Waals surface area contributed by atoms with Crippen LogP contribution in [0.3, 0.4) is 0 Å². The van der Waals surface area contributed by atoms with Crippen molar-refractivity contribution >= 4 is 11.0 Å². The molecule has 0 unspecified atom stereocenters. The van der Waals surface area contributed by atoms with Crippen molar-refractivity contribution in [2.45, 2.75) is 19.9 Å². The van der Waals surface area contributed by atoms with Crippen LogP contribution in [0.15, 0.2) is 42.5 Å². The summed E-state index contributed by atoms with van der Waals surface area (Å²) >= 11 is 0. The average molecular weight is 251 g/mol. The second-order valence-electron chi connectivity index (χ2n) is 4.65. The zero-order valence-electron chi connectivity index (χ0n) is 11.0. The summed E-state index contributed by atoms with van der Waals surface area (Å²) in [6, 6.07) is 14.5. The predicted molar refractivity (Wildman–Crippen MR) is 78.8 cm³/mol. The molecule has 0 aliphatic carbocycles. The van der Waals surface area contributed by atoms with Gasteiger partial charge in [-0.15, -0.1) is 0 Å². The van der Waals surface area contributed by atoms with Crippen LogP contribution in [0.5, 0.6) is 0 Å². The molecule has 0 radical (unpaired) electrons. The number of H-pyrrole nitrogens is 1. The first-order valence-corrected chi connectivity index (χ1v) is 6.59. The molecule has 0 aliphatic heterocycles. The van der Waals surface area contributed by atoms with Crippen LogP contribution in [-0.2, 0) is 13.0 Å². The van der Waals surface area contributed by atoms with Crippen molar-refractivity contribution in [2.24, 2.45) is 5.73 Å². The molecule has 1 heterocycles. The molecule has 0 aliphatic rings. The predicted octanol–water partition coefficient (Wildman–Crippen LogP) is 3.25. The van der Waals surface area contributed by atoms with E-state index in [4.69, 9.17) is 5.73 Å². The number of nitrogens with one attached hydrogen (secondary N) is 1. The molecule has 3 aromatic rings. The van der Waals surface area contributed by atoms with Crippen molar-refractivity contribution in [1.82, 2.24) is 9.97 Å². The fourth-order valence-electron chi connectivity index (χ4n) is 2.37. The van der Waals surface area contributed by atoms with E-state index in [1.165, 1.54) is 11.1 Å². The highest BCUT2D eigenvalue weighted by molar-refractivity contribution is 5.80. The Bertz CT molecular complexity index is 713. The SMILES string of the molecule is CCc1ccccc1-c1nc2ccc(CN)cc2[nH]1. The standard InChI is InChI=1S/C16H17N3/c1-2-12-5-3-4-6-13(12)16-18-14-8-7-11(10-17)9-15(14)19-16/h3-9H,2,10,17H2,1H3,(H,18,19). The number of imidazole rings is 1. The van der Waals surface area contributed by atoms with Gasteiger partial charge in [0.05, 0.1) is 11.0 Å². The minimum absolute atomic E-state index is 0.551. The van der Waals surface area contributed by atoms with Crippen molar-refractivity contribution in [1.29, 1.82) is 0 Å². The van der Waals surface area contributed by atoms with Gasteiger partial charge in [0.1, 0.15) is 5.82 Å². The van der Waals surface area contributed by atoms with Gasteiger partial charge in [-0.1, -0.05) is 37.3 Å². The van der Waals surface area contributed by atoms with E-state index in [2.05, 4.69) is 41.2 Å². The molecule has 0 spiro atoms. The Balaban J connectivity index is 2.15. The Kier molecular flexibility index (Phi) is 3.05. The Hall–Kier alpha value is -2.13. The number of nitrogens with zero attached hydrogens (tertiary/aromatic N) is 1.